The summed E-state index contributed by atoms with van der Waals surface area (Å²) >= 11 is 0. The van der Waals surface area contributed by atoms with E-state index in [0.29, 0.717) is 0 Å². The Kier molecular flexibility index (Phi) is 5.20. The average Bonchev–Trinajstić information content (AvgIpc) is 2.49. The van der Waals surface area contributed by atoms with Gasteiger partial charge in [0.25, 0.3) is 5.91 Å². The summed E-state index contributed by atoms with van der Waals surface area (Å²) in [5.74, 6) is 0.0363. The molecule has 3 N–H and O–H groups in total. The molecule has 0 saturated heterocycles. The highest BCUT2D eigenvalue weighted by atomic mass is 16.3. The first kappa shape index (κ1) is 15.4. The van der Waals surface area contributed by atoms with Gasteiger partial charge in [0.15, 0.2) is 0 Å². The van der Waals surface area contributed by atoms with Gasteiger partial charge in [-0.2, -0.15) is 5.10 Å². The van der Waals surface area contributed by atoms with Crippen LogP contribution in [0.3, 0.4) is 0 Å². The summed E-state index contributed by atoms with van der Waals surface area (Å²) in [6, 6.07) is 3.84. The topological polar surface area (TPSA) is 81.9 Å². The number of rotatable bonds is 4. The summed E-state index contributed by atoms with van der Waals surface area (Å²) in [7, 11) is 0. The van der Waals surface area contributed by atoms with Gasteiger partial charge in [0.1, 0.15) is 11.5 Å². The van der Waals surface area contributed by atoms with Gasteiger partial charge in [-0.15, -0.1) is 0 Å². The Bertz CT molecular complexity index is 530. The molecule has 1 aromatic carbocycles. The molecule has 1 aliphatic rings. The lowest BCUT2D eigenvalue weighted by molar-refractivity contribution is 0.0951. The van der Waals surface area contributed by atoms with E-state index in [1.807, 2.05) is 0 Å². The molecule has 114 valence electrons. The number of amides is 1. The first-order chi connectivity index (χ1) is 10.1. The SMILES string of the molecule is CCCC1CCC(=NNC(=O)c2cc(O)ccc2O)CC1. The predicted molar refractivity (Wildman–Crippen MR) is 81.5 cm³/mol. The van der Waals surface area contributed by atoms with Gasteiger partial charge in [-0.1, -0.05) is 19.8 Å². The second-order valence-corrected chi connectivity index (χ2v) is 5.55. The molecule has 0 unspecified atom stereocenters. The van der Waals surface area contributed by atoms with E-state index < -0.39 is 5.91 Å². The number of hydrogen-bond acceptors (Lipinski definition) is 4. The molecule has 0 heterocycles. The third kappa shape index (κ3) is 4.21. The minimum Gasteiger partial charge on any atom is -0.508 e. The number of aromatic hydroxyl groups is 2. The van der Waals surface area contributed by atoms with Gasteiger partial charge < -0.3 is 10.2 Å². The number of phenols is 2. The number of nitrogens with one attached hydrogen (secondary N) is 1. The van der Waals surface area contributed by atoms with Crippen molar-refractivity contribution >= 4 is 11.6 Å². The van der Waals surface area contributed by atoms with Crippen LogP contribution in [0, 0.1) is 5.92 Å². The molecule has 1 aromatic rings. The van der Waals surface area contributed by atoms with E-state index >= 15 is 0 Å². The monoisotopic (exact) mass is 290 g/mol. The smallest absolute Gasteiger partial charge is 0.275 e. The maximum absolute atomic E-state index is 11.9. The van der Waals surface area contributed by atoms with Crippen LogP contribution >= 0.6 is 0 Å². The van der Waals surface area contributed by atoms with Gasteiger partial charge in [-0.25, -0.2) is 5.43 Å². The highest BCUT2D eigenvalue weighted by Crippen LogP contribution is 2.26. The second-order valence-electron chi connectivity index (χ2n) is 5.55. The van der Waals surface area contributed by atoms with Crippen molar-refractivity contribution < 1.29 is 15.0 Å². The van der Waals surface area contributed by atoms with Crippen molar-refractivity contribution in [2.75, 3.05) is 0 Å². The zero-order chi connectivity index (χ0) is 15.2. The van der Waals surface area contributed by atoms with Gasteiger partial charge in [-0.05, 0) is 49.8 Å². The number of nitrogens with zero attached hydrogens (tertiary/aromatic N) is 1. The standard InChI is InChI=1S/C16H22N2O3/c1-2-3-11-4-6-12(7-5-11)17-18-16(21)14-10-13(19)8-9-15(14)20/h8-11,19-20H,2-7H2,1H3,(H,18,21). The minimum atomic E-state index is -0.508. The van der Waals surface area contributed by atoms with Crippen LogP contribution in [0.4, 0.5) is 0 Å². The van der Waals surface area contributed by atoms with Crippen LogP contribution < -0.4 is 5.43 Å². The highest BCUT2D eigenvalue weighted by Gasteiger charge is 2.17. The Balaban J connectivity index is 1.92. The normalized spacial score (nSPS) is 18.3. The van der Waals surface area contributed by atoms with E-state index in [9.17, 15) is 15.0 Å². The summed E-state index contributed by atoms with van der Waals surface area (Å²) in [5, 5.41) is 23.1. The Morgan fingerprint density at radius 1 is 1.33 bits per heavy atom. The van der Waals surface area contributed by atoms with Crippen molar-refractivity contribution in [3.8, 4) is 11.5 Å². The van der Waals surface area contributed by atoms with E-state index in [2.05, 4.69) is 17.5 Å². The Hall–Kier alpha value is -2.04. The number of hydrogen-bond donors (Lipinski definition) is 3. The van der Waals surface area contributed by atoms with Crippen molar-refractivity contribution in [1.82, 2.24) is 5.43 Å². The summed E-state index contributed by atoms with van der Waals surface area (Å²) in [6.45, 7) is 2.20. The lowest BCUT2D eigenvalue weighted by atomic mass is 9.85. The maximum atomic E-state index is 11.9. The van der Waals surface area contributed by atoms with Gasteiger partial charge in [0.05, 0.1) is 5.56 Å². The highest BCUT2D eigenvalue weighted by molar-refractivity contribution is 5.98. The summed E-state index contributed by atoms with van der Waals surface area (Å²) in [5.41, 5.74) is 3.48. The van der Waals surface area contributed by atoms with Gasteiger partial charge in [0, 0.05) is 5.71 Å². The van der Waals surface area contributed by atoms with Gasteiger partial charge >= 0.3 is 0 Å². The average molecular weight is 290 g/mol. The molecule has 1 amide bonds. The van der Waals surface area contributed by atoms with Crippen molar-refractivity contribution in [2.45, 2.75) is 45.4 Å². The summed E-state index contributed by atoms with van der Waals surface area (Å²) in [6.07, 6.45) is 6.55. The van der Waals surface area contributed by atoms with Crippen molar-refractivity contribution in [2.24, 2.45) is 11.0 Å². The predicted octanol–water partition coefficient (Wildman–Crippen LogP) is 3.17. The quantitative estimate of drug-likeness (QED) is 0.588. The fraction of sp³-hybridized carbons (Fsp3) is 0.500. The van der Waals surface area contributed by atoms with Crippen molar-refractivity contribution in [1.29, 1.82) is 0 Å². The van der Waals surface area contributed by atoms with Crippen LogP contribution in [0.5, 0.6) is 11.5 Å². The molecular formula is C16H22N2O3. The fourth-order valence-corrected chi connectivity index (χ4v) is 2.72. The maximum Gasteiger partial charge on any atom is 0.275 e. The molecule has 1 aliphatic carbocycles. The molecule has 21 heavy (non-hydrogen) atoms. The second kappa shape index (κ2) is 7.11. The van der Waals surface area contributed by atoms with Crippen LogP contribution in [0.2, 0.25) is 0 Å². The van der Waals surface area contributed by atoms with Crippen molar-refractivity contribution in [3.63, 3.8) is 0 Å². The molecule has 5 nitrogen and oxygen atoms in total. The molecule has 0 radical (unpaired) electrons. The third-order valence-electron chi connectivity index (χ3n) is 3.92. The molecule has 0 spiro atoms. The largest absolute Gasteiger partial charge is 0.508 e. The van der Waals surface area contributed by atoms with Crippen LogP contribution in [-0.2, 0) is 0 Å². The first-order valence-electron chi connectivity index (χ1n) is 7.48. The van der Waals surface area contributed by atoms with E-state index in [0.717, 1.165) is 37.3 Å². The molecule has 0 atom stereocenters. The fourth-order valence-electron chi connectivity index (χ4n) is 2.72. The summed E-state index contributed by atoms with van der Waals surface area (Å²) < 4.78 is 0. The molecule has 1 saturated carbocycles. The minimum absolute atomic E-state index is 0.0269. The molecule has 5 heteroatoms. The lowest BCUT2D eigenvalue weighted by Gasteiger charge is -2.22. The number of carbonyl (C=O) groups is 1. The van der Waals surface area contributed by atoms with E-state index in [1.54, 1.807) is 0 Å². The van der Waals surface area contributed by atoms with Gasteiger partial charge in [-0.3, -0.25) is 4.79 Å². The van der Waals surface area contributed by atoms with Crippen LogP contribution in [0.25, 0.3) is 0 Å². The number of phenolic OH excluding ortho intramolecular Hbond substituents is 2. The third-order valence-corrected chi connectivity index (χ3v) is 3.92. The zero-order valence-corrected chi connectivity index (χ0v) is 12.3. The molecule has 0 bridgehead atoms. The van der Waals surface area contributed by atoms with Crippen LogP contribution in [-0.4, -0.2) is 21.8 Å². The Labute approximate surface area is 124 Å². The number of benzene rings is 1. The van der Waals surface area contributed by atoms with E-state index in [1.165, 1.54) is 31.0 Å². The molecule has 0 aliphatic heterocycles. The van der Waals surface area contributed by atoms with E-state index in [-0.39, 0.29) is 17.1 Å². The van der Waals surface area contributed by atoms with Gasteiger partial charge in [0.2, 0.25) is 0 Å². The molecule has 2 rings (SSSR count). The Morgan fingerprint density at radius 3 is 2.71 bits per heavy atom. The Morgan fingerprint density at radius 2 is 2.05 bits per heavy atom. The van der Waals surface area contributed by atoms with Crippen LogP contribution in [0.15, 0.2) is 23.3 Å². The zero-order valence-electron chi connectivity index (χ0n) is 12.3. The molecule has 0 aromatic heterocycles. The number of hydrazone groups is 1. The number of carbonyl (C=O) groups excluding carboxylic acids is 1. The lowest BCUT2D eigenvalue weighted by Crippen LogP contribution is -2.22. The molecule has 1 fully saturated rings. The summed E-state index contributed by atoms with van der Waals surface area (Å²) in [4.78, 5) is 11.9. The first-order valence-corrected chi connectivity index (χ1v) is 7.48. The van der Waals surface area contributed by atoms with E-state index in [4.69, 9.17) is 0 Å². The molecular weight excluding hydrogens is 268 g/mol. The van der Waals surface area contributed by atoms with Crippen molar-refractivity contribution in [3.05, 3.63) is 23.8 Å². The van der Waals surface area contributed by atoms with Crippen LogP contribution in [0.1, 0.15) is 55.8 Å².